The van der Waals surface area contributed by atoms with E-state index in [4.69, 9.17) is 0 Å². The van der Waals surface area contributed by atoms with Crippen molar-refractivity contribution in [3.8, 4) is 0 Å². The summed E-state index contributed by atoms with van der Waals surface area (Å²) in [4.78, 5) is 6.73. The van der Waals surface area contributed by atoms with Gasteiger partial charge in [-0.25, -0.2) is 4.98 Å². The summed E-state index contributed by atoms with van der Waals surface area (Å²) in [6.45, 7) is 6.68. The van der Waals surface area contributed by atoms with Crippen LogP contribution in [0.4, 0.5) is 5.82 Å². The summed E-state index contributed by atoms with van der Waals surface area (Å²) in [6.07, 6.45) is 1.81. The molecule has 2 rings (SSSR count). The summed E-state index contributed by atoms with van der Waals surface area (Å²) in [5.41, 5.74) is 0. The van der Waals surface area contributed by atoms with Crippen molar-refractivity contribution in [1.29, 1.82) is 0 Å². The van der Waals surface area contributed by atoms with Gasteiger partial charge in [-0.1, -0.05) is 0 Å². The predicted molar refractivity (Wildman–Crippen MR) is 66.1 cm³/mol. The molecule has 0 amide bonds. The number of nitrogens with one attached hydrogen (secondary N) is 1. The number of halogens is 1. The van der Waals surface area contributed by atoms with Crippen molar-refractivity contribution in [2.24, 2.45) is 0 Å². The maximum atomic E-state index is 4.29. The van der Waals surface area contributed by atoms with E-state index in [1.54, 1.807) is 0 Å². The Balaban J connectivity index is 1.88. The van der Waals surface area contributed by atoms with Crippen LogP contribution >= 0.6 is 15.9 Å². The van der Waals surface area contributed by atoms with Crippen LogP contribution in [0.15, 0.2) is 22.8 Å². The number of hydrogen-bond acceptors (Lipinski definition) is 3. The average molecular weight is 270 g/mol. The molecule has 2 heterocycles. The zero-order chi connectivity index (χ0) is 10.8. The third-order valence-corrected chi connectivity index (χ3v) is 3.38. The standard InChI is InChI=1S/C11H16BrN3/c1-8(2)15-6-9(7-15)14-11-10(12)4-3-5-13-11/h3-5,8-9H,6-7H2,1-2H3,(H,13,14). The van der Waals surface area contributed by atoms with Crippen molar-refractivity contribution in [2.45, 2.75) is 25.9 Å². The molecule has 3 nitrogen and oxygen atoms in total. The van der Waals surface area contributed by atoms with Gasteiger partial charge in [0.05, 0.1) is 10.5 Å². The summed E-state index contributed by atoms with van der Waals surface area (Å²) in [7, 11) is 0. The van der Waals surface area contributed by atoms with Crippen LogP contribution in [0.3, 0.4) is 0 Å². The first-order chi connectivity index (χ1) is 7.16. The lowest BCUT2D eigenvalue weighted by molar-refractivity contribution is 0.122. The molecule has 1 saturated heterocycles. The van der Waals surface area contributed by atoms with E-state index in [9.17, 15) is 0 Å². The maximum absolute atomic E-state index is 4.29. The van der Waals surface area contributed by atoms with Crippen molar-refractivity contribution in [2.75, 3.05) is 18.4 Å². The number of hydrogen-bond donors (Lipinski definition) is 1. The van der Waals surface area contributed by atoms with Gasteiger partial charge in [0.15, 0.2) is 0 Å². The molecule has 0 unspecified atom stereocenters. The van der Waals surface area contributed by atoms with Crippen LogP contribution in [0.2, 0.25) is 0 Å². The van der Waals surface area contributed by atoms with Gasteiger partial charge in [-0.3, -0.25) is 4.90 Å². The first-order valence-corrected chi connectivity index (χ1v) is 6.07. The molecule has 15 heavy (non-hydrogen) atoms. The summed E-state index contributed by atoms with van der Waals surface area (Å²) >= 11 is 3.48. The monoisotopic (exact) mass is 269 g/mol. The van der Waals surface area contributed by atoms with Gasteiger partial charge in [0.25, 0.3) is 0 Å². The van der Waals surface area contributed by atoms with Gasteiger partial charge in [0.2, 0.25) is 0 Å². The fourth-order valence-electron chi connectivity index (χ4n) is 1.71. The highest BCUT2D eigenvalue weighted by Crippen LogP contribution is 2.22. The second-order valence-electron chi connectivity index (χ2n) is 4.22. The van der Waals surface area contributed by atoms with Gasteiger partial charge in [-0.05, 0) is 41.9 Å². The molecule has 1 aliphatic heterocycles. The van der Waals surface area contributed by atoms with Gasteiger partial charge in [-0.2, -0.15) is 0 Å². The minimum Gasteiger partial charge on any atom is -0.364 e. The van der Waals surface area contributed by atoms with Crippen LogP contribution in [-0.4, -0.2) is 35.1 Å². The largest absolute Gasteiger partial charge is 0.364 e. The highest BCUT2D eigenvalue weighted by Gasteiger charge is 2.28. The Labute approximate surface area is 99.0 Å². The van der Waals surface area contributed by atoms with Gasteiger partial charge in [0.1, 0.15) is 5.82 Å². The number of nitrogens with zero attached hydrogens (tertiary/aromatic N) is 2. The van der Waals surface area contributed by atoms with Crippen molar-refractivity contribution in [3.63, 3.8) is 0 Å². The van der Waals surface area contributed by atoms with E-state index < -0.39 is 0 Å². The van der Waals surface area contributed by atoms with Crippen LogP contribution < -0.4 is 5.32 Å². The molecule has 0 atom stereocenters. The third kappa shape index (κ3) is 2.49. The fraction of sp³-hybridized carbons (Fsp3) is 0.545. The summed E-state index contributed by atoms with van der Waals surface area (Å²) in [5.74, 6) is 0.950. The van der Waals surface area contributed by atoms with E-state index in [1.807, 2.05) is 18.3 Å². The Hall–Kier alpha value is -0.610. The number of pyridine rings is 1. The quantitative estimate of drug-likeness (QED) is 0.913. The second kappa shape index (κ2) is 4.49. The van der Waals surface area contributed by atoms with E-state index in [2.05, 4.69) is 45.0 Å². The Bertz CT molecular complexity index is 334. The van der Waals surface area contributed by atoms with Crippen molar-refractivity contribution in [1.82, 2.24) is 9.88 Å². The molecule has 1 aliphatic rings. The van der Waals surface area contributed by atoms with Crippen molar-refractivity contribution >= 4 is 21.7 Å². The number of aromatic nitrogens is 1. The zero-order valence-electron chi connectivity index (χ0n) is 9.07. The lowest BCUT2D eigenvalue weighted by Gasteiger charge is -2.42. The molecular formula is C11H16BrN3. The molecule has 1 aromatic heterocycles. The molecule has 0 bridgehead atoms. The highest BCUT2D eigenvalue weighted by atomic mass is 79.9. The molecule has 0 saturated carbocycles. The van der Waals surface area contributed by atoms with Crippen molar-refractivity contribution in [3.05, 3.63) is 22.8 Å². The minimum absolute atomic E-state index is 0.540. The summed E-state index contributed by atoms with van der Waals surface area (Å²) in [6, 6.07) is 5.12. The molecular weight excluding hydrogens is 254 g/mol. The zero-order valence-corrected chi connectivity index (χ0v) is 10.7. The van der Waals surface area contributed by atoms with Gasteiger partial charge in [-0.15, -0.1) is 0 Å². The van der Waals surface area contributed by atoms with Crippen LogP contribution in [0, 0.1) is 0 Å². The number of rotatable bonds is 3. The lowest BCUT2D eigenvalue weighted by Crippen LogP contribution is -2.57. The van der Waals surface area contributed by atoms with Crippen molar-refractivity contribution < 1.29 is 0 Å². The Morgan fingerprint density at radius 2 is 2.27 bits per heavy atom. The molecule has 4 heteroatoms. The molecule has 0 aromatic carbocycles. The number of anilines is 1. The molecule has 1 N–H and O–H groups in total. The van der Waals surface area contributed by atoms with Gasteiger partial charge < -0.3 is 5.32 Å². The summed E-state index contributed by atoms with van der Waals surface area (Å²) in [5, 5.41) is 3.43. The molecule has 0 aliphatic carbocycles. The maximum Gasteiger partial charge on any atom is 0.140 e. The van der Waals surface area contributed by atoms with E-state index in [0.717, 1.165) is 23.4 Å². The Morgan fingerprint density at radius 3 is 2.87 bits per heavy atom. The van der Waals surface area contributed by atoms with Crippen LogP contribution in [0.5, 0.6) is 0 Å². The average Bonchev–Trinajstić information content (AvgIpc) is 2.12. The number of likely N-dealkylation sites (tertiary alicyclic amines) is 1. The smallest absolute Gasteiger partial charge is 0.140 e. The Kier molecular flexibility index (Phi) is 3.26. The molecule has 0 radical (unpaired) electrons. The fourth-order valence-corrected chi connectivity index (χ4v) is 2.08. The lowest BCUT2D eigenvalue weighted by atomic mass is 10.1. The van der Waals surface area contributed by atoms with Crippen LogP contribution in [0.1, 0.15) is 13.8 Å². The molecule has 1 aromatic rings. The predicted octanol–water partition coefficient (Wildman–Crippen LogP) is 2.35. The highest BCUT2D eigenvalue weighted by molar-refractivity contribution is 9.10. The third-order valence-electron chi connectivity index (χ3n) is 2.74. The van der Waals surface area contributed by atoms with E-state index in [-0.39, 0.29) is 0 Å². The van der Waals surface area contributed by atoms with E-state index in [0.29, 0.717) is 12.1 Å². The second-order valence-corrected chi connectivity index (χ2v) is 5.08. The van der Waals surface area contributed by atoms with Crippen LogP contribution in [-0.2, 0) is 0 Å². The van der Waals surface area contributed by atoms with Gasteiger partial charge in [0, 0.05) is 25.3 Å². The topological polar surface area (TPSA) is 28.2 Å². The SMILES string of the molecule is CC(C)N1CC(Nc2ncccc2Br)C1. The first kappa shape index (κ1) is 10.9. The normalized spacial score (nSPS) is 17.9. The van der Waals surface area contributed by atoms with Crippen LogP contribution in [0.25, 0.3) is 0 Å². The molecule has 82 valence electrons. The molecule has 1 fully saturated rings. The summed E-state index contributed by atoms with van der Waals surface area (Å²) < 4.78 is 1.04. The van der Waals surface area contributed by atoms with Gasteiger partial charge >= 0.3 is 0 Å². The van der Waals surface area contributed by atoms with E-state index >= 15 is 0 Å². The van der Waals surface area contributed by atoms with E-state index in [1.165, 1.54) is 0 Å². The minimum atomic E-state index is 0.540. The first-order valence-electron chi connectivity index (χ1n) is 5.28. The Morgan fingerprint density at radius 1 is 1.53 bits per heavy atom. The molecule has 0 spiro atoms.